The first-order valence-corrected chi connectivity index (χ1v) is 9.38. The van der Waals surface area contributed by atoms with Crippen LogP contribution in [0.25, 0.3) is 0 Å². The Hall–Kier alpha value is -1.95. The minimum Gasteiger partial charge on any atom is -0.342 e. The van der Waals surface area contributed by atoms with E-state index in [2.05, 4.69) is 4.90 Å². The highest BCUT2D eigenvalue weighted by molar-refractivity contribution is 5.79. The maximum Gasteiger partial charge on any atom is 0.273 e. The predicted octanol–water partition coefficient (Wildman–Crippen LogP) is 3.21. The van der Waals surface area contributed by atoms with Crippen molar-refractivity contribution in [3.8, 4) is 0 Å². The van der Waals surface area contributed by atoms with Crippen LogP contribution >= 0.6 is 0 Å². The van der Waals surface area contributed by atoms with Crippen LogP contribution in [0.15, 0.2) is 24.3 Å². The summed E-state index contributed by atoms with van der Waals surface area (Å²) in [5.74, 6) is 0.323. The van der Waals surface area contributed by atoms with Crippen LogP contribution in [0.4, 0.5) is 5.69 Å². The molecule has 25 heavy (non-hydrogen) atoms. The number of piperidine rings is 1. The highest BCUT2D eigenvalue weighted by Crippen LogP contribution is 2.25. The first-order valence-electron chi connectivity index (χ1n) is 9.38. The Labute approximate surface area is 148 Å². The number of likely N-dealkylation sites (tertiary alicyclic amines) is 2. The van der Waals surface area contributed by atoms with E-state index in [1.807, 2.05) is 17.0 Å². The minimum absolute atomic E-state index is 0.0367. The van der Waals surface area contributed by atoms with Gasteiger partial charge in [-0.3, -0.25) is 19.8 Å². The van der Waals surface area contributed by atoms with Gasteiger partial charge in [0.05, 0.1) is 10.8 Å². The van der Waals surface area contributed by atoms with E-state index in [0.717, 1.165) is 50.9 Å². The molecule has 136 valence electrons. The SMILES string of the molecule is O=C([C@@H]1CCCN(Cc2ccccc2[N+](=O)[O-])C1)N1CCCCCC1. The van der Waals surface area contributed by atoms with Crippen molar-refractivity contribution in [1.82, 2.24) is 9.80 Å². The summed E-state index contributed by atoms with van der Waals surface area (Å²) in [4.78, 5) is 28.0. The van der Waals surface area contributed by atoms with E-state index in [1.165, 1.54) is 12.8 Å². The number of hydrogen-bond acceptors (Lipinski definition) is 4. The van der Waals surface area contributed by atoms with Crippen molar-refractivity contribution >= 4 is 11.6 Å². The molecule has 0 N–H and O–H groups in total. The summed E-state index contributed by atoms with van der Waals surface area (Å²) in [7, 11) is 0. The molecular weight excluding hydrogens is 318 g/mol. The molecule has 6 nitrogen and oxygen atoms in total. The molecule has 1 amide bonds. The fraction of sp³-hybridized carbons (Fsp3) is 0.632. The van der Waals surface area contributed by atoms with E-state index in [0.29, 0.717) is 13.1 Å². The summed E-state index contributed by atoms with van der Waals surface area (Å²) in [5, 5.41) is 11.2. The van der Waals surface area contributed by atoms with Gasteiger partial charge in [0.2, 0.25) is 5.91 Å². The molecule has 6 heteroatoms. The molecule has 0 radical (unpaired) electrons. The van der Waals surface area contributed by atoms with Gasteiger partial charge in [0.15, 0.2) is 0 Å². The quantitative estimate of drug-likeness (QED) is 0.621. The van der Waals surface area contributed by atoms with Crippen molar-refractivity contribution in [3.05, 3.63) is 39.9 Å². The lowest BCUT2D eigenvalue weighted by atomic mass is 9.95. The second-order valence-corrected chi connectivity index (χ2v) is 7.20. The van der Waals surface area contributed by atoms with Gasteiger partial charge in [0, 0.05) is 37.8 Å². The lowest BCUT2D eigenvalue weighted by Gasteiger charge is -2.34. The fourth-order valence-corrected chi connectivity index (χ4v) is 4.01. The van der Waals surface area contributed by atoms with Crippen molar-refractivity contribution < 1.29 is 9.72 Å². The van der Waals surface area contributed by atoms with Crippen molar-refractivity contribution in [3.63, 3.8) is 0 Å². The van der Waals surface area contributed by atoms with Crippen molar-refractivity contribution in [2.45, 2.75) is 45.1 Å². The van der Waals surface area contributed by atoms with Crippen LogP contribution in [0.1, 0.15) is 44.1 Å². The van der Waals surface area contributed by atoms with Gasteiger partial charge in [0.1, 0.15) is 0 Å². The van der Waals surface area contributed by atoms with Gasteiger partial charge in [-0.2, -0.15) is 0 Å². The first kappa shape index (κ1) is 17.9. The summed E-state index contributed by atoms with van der Waals surface area (Å²) in [6.07, 6.45) is 6.57. The minimum atomic E-state index is -0.320. The molecular formula is C19H27N3O3. The maximum absolute atomic E-state index is 12.9. The van der Waals surface area contributed by atoms with E-state index in [1.54, 1.807) is 12.1 Å². The topological polar surface area (TPSA) is 66.7 Å². The van der Waals surface area contributed by atoms with Crippen molar-refractivity contribution in [2.75, 3.05) is 26.2 Å². The summed E-state index contributed by atoms with van der Waals surface area (Å²) in [5.41, 5.74) is 0.902. The number of amides is 1. The van der Waals surface area contributed by atoms with Crippen LogP contribution in [-0.2, 0) is 11.3 Å². The molecule has 1 aromatic carbocycles. The van der Waals surface area contributed by atoms with Gasteiger partial charge in [0.25, 0.3) is 5.69 Å². The number of carbonyl (C=O) groups is 1. The molecule has 2 aliphatic rings. The number of benzene rings is 1. The molecule has 0 bridgehead atoms. The molecule has 0 aromatic heterocycles. The standard InChI is InChI=1S/C19H27N3O3/c23-19(21-12-5-1-2-6-13-21)17-9-7-11-20(15-17)14-16-8-3-4-10-18(16)22(24)25/h3-4,8,10,17H,1-2,5-7,9,11-15H2/t17-/m1/s1. The van der Waals surface area contributed by atoms with Crippen LogP contribution in [0.2, 0.25) is 0 Å². The molecule has 0 unspecified atom stereocenters. The number of nitrogens with zero attached hydrogens (tertiary/aromatic N) is 3. The lowest BCUT2D eigenvalue weighted by Crippen LogP contribution is -2.44. The smallest absolute Gasteiger partial charge is 0.273 e. The molecule has 2 heterocycles. The van der Waals surface area contributed by atoms with Gasteiger partial charge < -0.3 is 4.90 Å². The maximum atomic E-state index is 12.9. The molecule has 3 rings (SSSR count). The molecule has 0 aliphatic carbocycles. The number of para-hydroxylation sites is 1. The van der Waals surface area contributed by atoms with Crippen molar-refractivity contribution in [1.29, 1.82) is 0 Å². The largest absolute Gasteiger partial charge is 0.342 e. The van der Waals surface area contributed by atoms with E-state index in [4.69, 9.17) is 0 Å². The highest BCUT2D eigenvalue weighted by atomic mass is 16.6. The number of rotatable bonds is 4. The summed E-state index contributed by atoms with van der Waals surface area (Å²) in [6.45, 7) is 3.93. The summed E-state index contributed by atoms with van der Waals surface area (Å²) in [6, 6.07) is 6.91. The summed E-state index contributed by atoms with van der Waals surface area (Å²) < 4.78 is 0. The van der Waals surface area contributed by atoms with Crippen LogP contribution < -0.4 is 0 Å². The van der Waals surface area contributed by atoms with Gasteiger partial charge in [-0.1, -0.05) is 31.0 Å². The van der Waals surface area contributed by atoms with Gasteiger partial charge in [-0.15, -0.1) is 0 Å². The van der Waals surface area contributed by atoms with Gasteiger partial charge in [-0.05, 0) is 32.2 Å². The van der Waals surface area contributed by atoms with Gasteiger partial charge in [-0.25, -0.2) is 0 Å². The Morgan fingerprint density at radius 3 is 2.52 bits per heavy atom. The van der Waals surface area contributed by atoms with Crippen LogP contribution in [0.3, 0.4) is 0 Å². The van der Waals surface area contributed by atoms with Crippen LogP contribution in [0.5, 0.6) is 0 Å². The molecule has 1 atom stereocenters. The van der Waals surface area contributed by atoms with E-state index in [9.17, 15) is 14.9 Å². The van der Waals surface area contributed by atoms with E-state index < -0.39 is 0 Å². The third kappa shape index (κ3) is 4.57. The number of nitro benzene ring substituents is 1. The van der Waals surface area contributed by atoms with Gasteiger partial charge >= 0.3 is 0 Å². The molecule has 2 fully saturated rings. The van der Waals surface area contributed by atoms with Crippen LogP contribution in [-0.4, -0.2) is 46.8 Å². The normalized spacial score (nSPS) is 22.4. The zero-order valence-electron chi connectivity index (χ0n) is 14.7. The summed E-state index contributed by atoms with van der Waals surface area (Å²) >= 11 is 0. The second-order valence-electron chi connectivity index (χ2n) is 7.20. The Morgan fingerprint density at radius 1 is 1.08 bits per heavy atom. The predicted molar refractivity (Wildman–Crippen MR) is 96.1 cm³/mol. The number of carbonyl (C=O) groups excluding carboxylic acids is 1. The zero-order chi connectivity index (χ0) is 17.6. The Kier molecular flexibility index (Phi) is 6.02. The van der Waals surface area contributed by atoms with Crippen molar-refractivity contribution in [2.24, 2.45) is 5.92 Å². The lowest BCUT2D eigenvalue weighted by molar-refractivity contribution is -0.385. The Morgan fingerprint density at radius 2 is 1.80 bits per heavy atom. The fourth-order valence-electron chi connectivity index (χ4n) is 4.01. The third-order valence-corrected chi connectivity index (χ3v) is 5.35. The monoisotopic (exact) mass is 345 g/mol. The van der Waals surface area contributed by atoms with E-state index >= 15 is 0 Å². The second kappa shape index (κ2) is 8.43. The average molecular weight is 345 g/mol. The molecule has 2 aliphatic heterocycles. The molecule has 0 spiro atoms. The van der Waals surface area contributed by atoms with Crippen LogP contribution in [0, 0.1) is 16.0 Å². The number of hydrogen-bond donors (Lipinski definition) is 0. The highest BCUT2D eigenvalue weighted by Gasteiger charge is 2.30. The molecule has 2 saturated heterocycles. The zero-order valence-corrected chi connectivity index (χ0v) is 14.7. The van der Waals surface area contributed by atoms with E-state index in [-0.39, 0.29) is 22.4 Å². The first-order chi connectivity index (χ1) is 12.1. The molecule has 1 aromatic rings. The Bertz CT molecular complexity index is 612. The average Bonchev–Trinajstić information content (AvgIpc) is 2.91. The molecule has 0 saturated carbocycles. The number of nitro groups is 1. The third-order valence-electron chi connectivity index (χ3n) is 5.35. The Balaban J connectivity index is 1.63.